The van der Waals surface area contributed by atoms with Crippen molar-refractivity contribution in [3.8, 4) is 0 Å². The summed E-state index contributed by atoms with van der Waals surface area (Å²) in [5.74, 6) is -0.123. The van der Waals surface area contributed by atoms with Gasteiger partial charge in [0, 0.05) is 6.42 Å². The van der Waals surface area contributed by atoms with Gasteiger partial charge < -0.3 is 9.84 Å². The third kappa shape index (κ3) is 17.6. The average Bonchev–Trinajstić information content (AvgIpc) is 2.62. The van der Waals surface area contributed by atoms with E-state index in [1.165, 1.54) is 12.8 Å². The number of unbranched alkanes of at least 4 members (excludes halogenated alkanes) is 5. The molecule has 0 saturated carbocycles. The molecule has 1 N–H and O–H groups in total. The maximum absolute atomic E-state index is 11.5. The van der Waals surface area contributed by atoms with Crippen molar-refractivity contribution in [3.05, 3.63) is 36.5 Å². The van der Waals surface area contributed by atoms with Crippen LogP contribution in [0.15, 0.2) is 36.5 Å². The first-order valence-electron chi connectivity index (χ1n) is 9.55. The molecule has 0 bridgehead atoms. The van der Waals surface area contributed by atoms with Crippen LogP contribution in [0.3, 0.4) is 0 Å². The number of hydrogen-bond acceptors (Lipinski definition) is 3. The second kappa shape index (κ2) is 19.3. The number of esters is 1. The highest BCUT2D eigenvalue weighted by Crippen LogP contribution is 2.09. The second-order valence-electron chi connectivity index (χ2n) is 6.05. The zero-order chi connectivity index (χ0) is 18.6. The van der Waals surface area contributed by atoms with Crippen LogP contribution in [0.5, 0.6) is 0 Å². The Hall–Kier alpha value is -1.06. The van der Waals surface area contributed by atoms with Gasteiger partial charge in [-0.05, 0) is 38.5 Å². The average molecular weight is 371 g/mol. The lowest BCUT2D eigenvalue weighted by Gasteiger charge is -2.12. The normalized spacial score (nSPS) is 13.2. The molecule has 0 amide bonds. The SMILES string of the molecule is CC/C=C\C/C=C\C/C=C\CCCCCCCC(=O)OC(CO)CCl. The molecular weight excluding hydrogens is 336 g/mol. The van der Waals surface area contributed by atoms with E-state index in [-0.39, 0.29) is 18.5 Å². The number of hydrogen-bond donors (Lipinski definition) is 1. The van der Waals surface area contributed by atoms with E-state index < -0.39 is 6.10 Å². The van der Waals surface area contributed by atoms with Crippen LogP contribution < -0.4 is 0 Å². The fraction of sp³-hybridized carbons (Fsp3) is 0.667. The minimum atomic E-state index is -0.566. The maximum atomic E-state index is 11.5. The van der Waals surface area contributed by atoms with Crippen molar-refractivity contribution in [2.75, 3.05) is 12.5 Å². The van der Waals surface area contributed by atoms with E-state index in [0.29, 0.717) is 6.42 Å². The highest BCUT2D eigenvalue weighted by Gasteiger charge is 2.11. The molecule has 1 atom stereocenters. The quantitative estimate of drug-likeness (QED) is 0.163. The third-order valence-electron chi connectivity index (χ3n) is 3.71. The van der Waals surface area contributed by atoms with E-state index in [1.54, 1.807) is 0 Å². The molecule has 0 aliphatic rings. The van der Waals surface area contributed by atoms with Gasteiger partial charge in [0.1, 0.15) is 6.10 Å². The van der Waals surface area contributed by atoms with Gasteiger partial charge in [-0.25, -0.2) is 0 Å². The predicted molar refractivity (Wildman–Crippen MR) is 107 cm³/mol. The van der Waals surface area contributed by atoms with Gasteiger partial charge in [-0.2, -0.15) is 0 Å². The van der Waals surface area contributed by atoms with Crippen LogP contribution in [-0.2, 0) is 9.53 Å². The number of allylic oxidation sites excluding steroid dienone is 6. The Labute approximate surface area is 158 Å². The largest absolute Gasteiger partial charge is 0.459 e. The lowest BCUT2D eigenvalue weighted by molar-refractivity contribution is -0.149. The first-order chi connectivity index (χ1) is 12.2. The van der Waals surface area contributed by atoms with Crippen LogP contribution in [0.4, 0.5) is 0 Å². The summed E-state index contributed by atoms with van der Waals surface area (Å²) in [6.45, 7) is 1.93. The summed E-state index contributed by atoms with van der Waals surface area (Å²) < 4.78 is 5.03. The van der Waals surface area contributed by atoms with Gasteiger partial charge in [0.25, 0.3) is 0 Å². The molecule has 0 aliphatic carbocycles. The number of ether oxygens (including phenoxy) is 1. The molecule has 0 spiro atoms. The summed E-state index contributed by atoms with van der Waals surface area (Å²) in [6, 6.07) is 0. The van der Waals surface area contributed by atoms with E-state index >= 15 is 0 Å². The summed E-state index contributed by atoms with van der Waals surface area (Å²) in [5.41, 5.74) is 0. The molecule has 0 heterocycles. The minimum Gasteiger partial charge on any atom is -0.459 e. The molecule has 0 saturated heterocycles. The maximum Gasteiger partial charge on any atom is 0.306 e. The molecule has 1 unspecified atom stereocenters. The lowest BCUT2D eigenvalue weighted by atomic mass is 10.1. The van der Waals surface area contributed by atoms with Crippen molar-refractivity contribution in [1.29, 1.82) is 0 Å². The van der Waals surface area contributed by atoms with Gasteiger partial charge >= 0.3 is 5.97 Å². The molecule has 0 aromatic rings. The molecule has 25 heavy (non-hydrogen) atoms. The second-order valence-corrected chi connectivity index (χ2v) is 6.36. The first kappa shape index (κ1) is 23.9. The van der Waals surface area contributed by atoms with Gasteiger partial charge in [0.05, 0.1) is 12.5 Å². The highest BCUT2D eigenvalue weighted by atomic mass is 35.5. The zero-order valence-electron chi connectivity index (χ0n) is 15.7. The van der Waals surface area contributed by atoms with Gasteiger partial charge in [0.2, 0.25) is 0 Å². The number of carbonyl (C=O) groups excluding carboxylic acids is 1. The van der Waals surface area contributed by atoms with Crippen LogP contribution in [-0.4, -0.2) is 29.7 Å². The fourth-order valence-corrected chi connectivity index (χ4v) is 2.41. The molecule has 144 valence electrons. The van der Waals surface area contributed by atoms with E-state index in [0.717, 1.165) is 44.9 Å². The standard InChI is InChI=1S/C21H35ClO3/c1-2-3-4-5-6-7-8-9-10-11-12-13-14-15-16-17-21(24)25-20(18-22)19-23/h3-4,6-7,9-10,20,23H,2,5,8,11-19H2,1H3/b4-3-,7-6-,10-9-. The monoisotopic (exact) mass is 370 g/mol. The first-order valence-corrected chi connectivity index (χ1v) is 10.1. The molecule has 0 fully saturated rings. The van der Waals surface area contributed by atoms with Gasteiger partial charge in [0.15, 0.2) is 0 Å². The number of rotatable bonds is 16. The van der Waals surface area contributed by atoms with Crippen molar-refractivity contribution < 1.29 is 14.6 Å². The molecule has 4 heteroatoms. The number of aliphatic hydroxyl groups excluding tert-OH is 1. The third-order valence-corrected chi connectivity index (χ3v) is 4.05. The molecule has 0 aromatic heterocycles. The summed E-state index contributed by atoms with van der Waals surface area (Å²) in [5, 5.41) is 8.91. The minimum absolute atomic E-state index is 0.140. The van der Waals surface area contributed by atoms with Gasteiger partial charge in [-0.15, -0.1) is 11.6 Å². The Morgan fingerprint density at radius 2 is 1.56 bits per heavy atom. The fourth-order valence-electron chi connectivity index (χ4n) is 2.25. The Morgan fingerprint density at radius 3 is 2.20 bits per heavy atom. The Morgan fingerprint density at radius 1 is 0.960 bits per heavy atom. The Bertz CT molecular complexity index is 385. The van der Waals surface area contributed by atoms with Crippen LogP contribution in [0, 0.1) is 0 Å². The number of aliphatic hydroxyl groups is 1. The van der Waals surface area contributed by atoms with Crippen LogP contribution >= 0.6 is 11.6 Å². The molecule has 0 aliphatic heterocycles. The van der Waals surface area contributed by atoms with Crippen molar-refractivity contribution in [2.45, 2.75) is 77.2 Å². The lowest BCUT2D eigenvalue weighted by Crippen LogP contribution is -2.23. The van der Waals surface area contributed by atoms with E-state index in [2.05, 4.69) is 43.4 Å². The Kier molecular flexibility index (Phi) is 18.5. The Balaban J connectivity index is 3.39. The number of halogens is 1. The molecule has 3 nitrogen and oxygen atoms in total. The zero-order valence-corrected chi connectivity index (χ0v) is 16.4. The predicted octanol–water partition coefficient (Wildman–Crippen LogP) is 5.72. The molecule has 0 radical (unpaired) electrons. The van der Waals surface area contributed by atoms with E-state index in [9.17, 15) is 4.79 Å². The topological polar surface area (TPSA) is 46.5 Å². The summed E-state index contributed by atoms with van der Waals surface area (Å²) in [4.78, 5) is 11.5. The van der Waals surface area contributed by atoms with Crippen molar-refractivity contribution >= 4 is 17.6 Å². The van der Waals surface area contributed by atoms with Crippen molar-refractivity contribution in [2.24, 2.45) is 0 Å². The number of carbonyl (C=O) groups is 1. The van der Waals surface area contributed by atoms with Gasteiger partial charge in [-0.1, -0.05) is 62.6 Å². The van der Waals surface area contributed by atoms with Crippen LogP contribution in [0.25, 0.3) is 0 Å². The van der Waals surface area contributed by atoms with Crippen LogP contribution in [0.1, 0.15) is 71.1 Å². The van der Waals surface area contributed by atoms with Crippen molar-refractivity contribution in [3.63, 3.8) is 0 Å². The van der Waals surface area contributed by atoms with E-state index in [1.807, 2.05) is 0 Å². The van der Waals surface area contributed by atoms with Gasteiger partial charge in [-0.3, -0.25) is 4.79 Å². The van der Waals surface area contributed by atoms with E-state index in [4.69, 9.17) is 21.4 Å². The summed E-state index contributed by atoms with van der Waals surface area (Å²) in [6.07, 6.45) is 22.8. The molecule has 0 aromatic carbocycles. The number of alkyl halides is 1. The van der Waals surface area contributed by atoms with Crippen LogP contribution in [0.2, 0.25) is 0 Å². The highest BCUT2D eigenvalue weighted by molar-refractivity contribution is 6.18. The summed E-state index contributed by atoms with van der Waals surface area (Å²) in [7, 11) is 0. The molecular formula is C21H35ClO3. The molecule has 0 rings (SSSR count). The summed E-state index contributed by atoms with van der Waals surface area (Å²) >= 11 is 5.56. The smallest absolute Gasteiger partial charge is 0.306 e. The van der Waals surface area contributed by atoms with Crippen molar-refractivity contribution in [1.82, 2.24) is 0 Å².